The van der Waals surface area contributed by atoms with Crippen molar-refractivity contribution in [1.29, 1.82) is 0 Å². The molecule has 32 heavy (non-hydrogen) atoms. The molecule has 1 amide bonds. The first kappa shape index (κ1) is 24.6. The maximum Gasteiger partial charge on any atom is 0.243 e. The molecule has 1 N–H and O–H groups in total. The fraction of sp³-hybridized carbons (Fsp3) is 0.350. The van der Waals surface area contributed by atoms with Crippen LogP contribution in [0.2, 0.25) is 5.02 Å². The van der Waals surface area contributed by atoms with Gasteiger partial charge in [-0.2, -0.15) is 8.61 Å². The van der Waals surface area contributed by atoms with E-state index in [1.807, 2.05) is 0 Å². The first-order valence-electron chi connectivity index (χ1n) is 9.76. The van der Waals surface area contributed by atoms with Gasteiger partial charge >= 0.3 is 0 Å². The Hall–Kier alpha value is -2.02. The molecule has 1 aliphatic heterocycles. The van der Waals surface area contributed by atoms with Gasteiger partial charge in [0.25, 0.3) is 0 Å². The van der Waals surface area contributed by atoms with Crippen LogP contribution in [0.5, 0.6) is 0 Å². The summed E-state index contributed by atoms with van der Waals surface area (Å²) in [4.78, 5) is 12.4. The lowest BCUT2D eigenvalue weighted by Crippen LogP contribution is -2.40. The molecule has 0 bridgehead atoms. The minimum absolute atomic E-state index is 0.0364. The molecule has 1 heterocycles. The quantitative estimate of drug-likeness (QED) is 0.583. The molecule has 9 nitrogen and oxygen atoms in total. The third kappa shape index (κ3) is 5.85. The highest BCUT2D eigenvalue weighted by Crippen LogP contribution is 2.19. The van der Waals surface area contributed by atoms with E-state index in [1.165, 1.54) is 47.8 Å². The van der Waals surface area contributed by atoms with Crippen molar-refractivity contribution >= 4 is 37.6 Å². The molecule has 174 valence electrons. The number of nitrogens with zero attached hydrogens (tertiary/aromatic N) is 2. The van der Waals surface area contributed by atoms with Crippen molar-refractivity contribution in [3.8, 4) is 0 Å². The lowest BCUT2D eigenvalue weighted by atomic mass is 10.2. The van der Waals surface area contributed by atoms with E-state index in [4.69, 9.17) is 16.3 Å². The van der Waals surface area contributed by atoms with E-state index in [-0.39, 0.29) is 22.9 Å². The number of carbonyl (C=O) groups is 1. The van der Waals surface area contributed by atoms with Crippen molar-refractivity contribution in [1.82, 2.24) is 13.9 Å². The number of amides is 1. The summed E-state index contributed by atoms with van der Waals surface area (Å²) in [6.45, 7) is 1.12. The highest BCUT2D eigenvalue weighted by molar-refractivity contribution is 7.89. The number of likely N-dealkylation sites (N-methyl/N-ethyl adjacent to an activating group) is 1. The van der Waals surface area contributed by atoms with Gasteiger partial charge in [-0.15, -0.1) is 0 Å². The molecular formula is C20H24ClN3O6S2. The van der Waals surface area contributed by atoms with Crippen LogP contribution >= 0.6 is 11.6 Å². The summed E-state index contributed by atoms with van der Waals surface area (Å²) in [5.74, 6) is -0.491. The number of ether oxygens (including phenoxy) is 1. The molecule has 0 aliphatic carbocycles. The predicted molar refractivity (Wildman–Crippen MR) is 119 cm³/mol. The van der Waals surface area contributed by atoms with Crippen LogP contribution in [0.3, 0.4) is 0 Å². The Morgan fingerprint density at radius 2 is 1.56 bits per heavy atom. The van der Waals surface area contributed by atoms with Crippen molar-refractivity contribution in [2.75, 3.05) is 39.9 Å². The molecule has 0 radical (unpaired) electrons. The van der Waals surface area contributed by atoms with Gasteiger partial charge in [0, 0.05) is 31.7 Å². The largest absolute Gasteiger partial charge is 0.379 e. The first-order valence-corrected chi connectivity index (χ1v) is 13.0. The average Bonchev–Trinajstić information content (AvgIpc) is 2.79. The zero-order valence-electron chi connectivity index (χ0n) is 17.4. The fourth-order valence-electron chi connectivity index (χ4n) is 3.05. The maximum atomic E-state index is 12.6. The molecule has 1 saturated heterocycles. The number of hydrogen-bond donors (Lipinski definition) is 1. The number of hydrogen-bond acceptors (Lipinski definition) is 6. The molecule has 2 aromatic rings. The average molecular weight is 502 g/mol. The number of rotatable bonds is 8. The predicted octanol–water partition coefficient (Wildman–Crippen LogP) is 1.30. The summed E-state index contributed by atoms with van der Waals surface area (Å²) in [5.41, 5.74) is 0.683. The molecule has 0 saturated carbocycles. The second-order valence-electron chi connectivity index (χ2n) is 7.15. The third-order valence-electron chi connectivity index (χ3n) is 4.91. The molecule has 12 heteroatoms. The van der Waals surface area contributed by atoms with Crippen molar-refractivity contribution < 1.29 is 26.4 Å². The molecule has 0 atom stereocenters. The third-order valence-corrected chi connectivity index (χ3v) is 8.89. The first-order chi connectivity index (χ1) is 15.1. The SMILES string of the molecule is CN(CC(=O)NCc1ccc(S(=O)(=O)N2CCOCC2)cc1)S(=O)(=O)c1ccc(Cl)cc1. The van der Waals surface area contributed by atoms with E-state index in [2.05, 4.69) is 5.32 Å². The van der Waals surface area contributed by atoms with Gasteiger partial charge in [-0.25, -0.2) is 16.8 Å². The topological polar surface area (TPSA) is 113 Å². The Labute approximate surface area is 193 Å². The van der Waals surface area contributed by atoms with Crippen LogP contribution in [0.1, 0.15) is 5.56 Å². The zero-order valence-corrected chi connectivity index (χ0v) is 19.8. The second kappa shape index (κ2) is 10.3. The summed E-state index contributed by atoms with van der Waals surface area (Å²) < 4.78 is 57.9. The van der Waals surface area contributed by atoms with E-state index in [9.17, 15) is 21.6 Å². The van der Waals surface area contributed by atoms with Gasteiger partial charge < -0.3 is 10.1 Å². The van der Waals surface area contributed by atoms with Crippen molar-refractivity contribution in [3.05, 3.63) is 59.1 Å². The number of nitrogens with one attached hydrogen (secondary N) is 1. The maximum absolute atomic E-state index is 12.6. The number of carbonyl (C=O) groups excluding carboxylic acids is 1. The van der Waals surface area contributed by atoms with Gasteiger partial charge in [-0.1, -0.05) is 23.7 Å². The molecule has 2 aromatic carbocycles. The standard InChI is InChI=1S/C20H24ClN3O6S2/c1-23(31(26,27)18-8-4-17(21)5-9-18)15-20(25)22-14-16-2-6-19(7-3-16)32(28,29)24-10-12-30-13-11-24/h2-9H,10-15H2,1H3,(H,22,25). The monoisotopic (exact) mass is 501 g/mol. The lowest BCUT2D eigenvalue weighted by Gasteiger charge is -2.26. The zero-order chi connectivity index (χ0) is 23.4. The highest BCUT2D eigenvalue weighted by Gasteiger charge is 2.26. The van der Waals surface area contributed by atoms with Gasteiger partial charge in [-0.05, 0) is 42.0 Å². The van der Waals surface area contributed by atoms with Crippen LogP contribution in [0.15, 0.2) is 58.3 Å². The Kier molecular flexibility index (Phi) is 7.91. The Balaban J connectivity index is 1.56. The van der Waals surface area contributed by atoms with Crippen LogP contribution < -0.4 is 5.32 Å². The second-order valence-corrected chi connectivity index (χ2v) is 11.6. The van der Waals surface area contributed by atoms with Crippen molar-refractivity contribution in [2.24, 2.45) is 0 Å². The summed E-state index contributed by atoms with van der Waals surface area (Å²) in [7, 11) is -6.11. The van der Waals surface area contributed by atoms with Crippen molar-refractivity contribution in [3.63, 3.8) is 0 Å². The van der Waals surface area contributed by atoms with Gasteiger partial charge in [0.05, 0.1) is 29.5 Å². The van der Waals surface area contributed by atoms with E-state index >= 15 is 0 Å². The minimum Gasteiger partial charge on any atom is -0.379 e. The van der Waals surface area contributed by atoms with Crippen LogP contribution in [0, 0.1) is 0 Å². The summed E-state index contributed by atoms with van der Waals surface area (Å²) >= 11 is 5.79. The van der Waals surface area contributed by atoms with Crippen LogP contribution in [0.4, 0.5) is 0 Å². The van der Waals surface area contributed by atoms with Crippen LogP contribution in [-0.2, 0) is 36.1 Å². The molecule has 0 spiro atoms. The minimum atomic E-state index is -3.83. The number of morpholine rings is 1. The molecule has 1 fully saturated rings. The fourth-order valence-corrected chi connectivity index (χ4v) is 5.71. The highest BCUT2D eigenvalue weighted by atomic mass is 35.5. The number of benzene rings is 2. The van der Waals surface area contributed by atoms with E-state index in [0.717, 1.165) is 4.31 Å². The van der Waals surface area contributed by atoms with Gasteiger partial charge in [0.15, 0.2) is 0 Å². The van der Waals surface area contributed by atoms with Crippen molar-refractivity contribution in [2.45, 2.75) is 16.3 Å². The van der Waals surface area contributed by atoms with Crippen LogP contribution in [-0.4, -0.2) is 71.2 Å². The molecular weight excluding hydrogens is 478 g/mol. The Morgan fingerprint density at radius 3 is 2.16 bits per heavy atom. The Bertz CT molecular complexity index is 1150. The van der Waals surface area contributed by atoms with Gasteiger partial charge in [0.1, 0.15) is 0 Å². The lowest BCUT2D eigenvalue weighted by molar-refractivity contribution is -0.121. The normalized spacial score (nSPS) is 15.6. The van der Waals surface area contributed by atoms with Gasteiger partial charge in [-0.3, -0.25) is 4.79 Å². The number of sulfonamides is 2. The van der Waals surface area contributed by atoms with E-state index in [1.54, 1.807) is 12.1 Å². The van der Waals surface area contributed by atoms with Gasteiger partial charge in [0.2, 0.25) is 26.0 Å². The molecule has 1 aliphatic rings. The molecule has 3 rings (SSSR count). The molecule has 0 aromatic heterocycles. The summed E-state index contributed by atoms with van der Waals surface area (Å²) in [5, 5.41) is 3.05. The Morgan fingerprint density at radius 1 is 1.00 bits per heavy atom. The summed E-state index contributed by atoms with van der Waals surface area (Å²) in [6.07, 6.45) is 0. The summed E-state index contributed by atoms with van der Waals surface area (Å²) in [6, 6.07) is 11.9. The van der Waals surface area contributed by atoms with E-state index < -0.39 is 26.0 Å². The smallest absolute Gasteiger partial charge is 0.243 e. The van der Waals surface area contributed by atoms with E-state index in [0.29, 0.717) is 36.9 Å². The molecule has 0 unspecified atom stereocenters. The van der Waals surface area contributed by atoms with Crippen LogP contribution in [0.25, 0.3) is 0 Å². The number of halogens is 1.